The zero-order valence-electron chi connectivity index (χ0n) is 20.2. The van der Waals surface area contributed by atoms with Crippen molar-refractivity contribution in [3.63, 3.8) is 0 Å². The Morgan fingerprint density at radius 1 is 0.968 bits per heavy atom. The number of rotatable bonds is 4. The van der Waals surface area contributed by atoms with Crippen LogP contribution in [0.2, 0.25) is 0 Å². The van der Waals surface area contributed by atoms with Crippen LogP contribution in [0.4, 0.5) is 0 Å². The number of carbonyl (C=O) groups excluding carboxylic acids is 2. The van der Waals surface area contributed by atoms with Gasteiger partial charge in [0.2, 0.25) is 0 Å². The molecule has 31 heavy (non-hydrogen) atoms. The van der Waals surface area contributed by atoms with E-state index in [9.17, 15) is 14.7 Å². The summed E-state index contributed by atoms with van der Waals surface area (Å²) in [7, 11) is 0. The summed E-state index contributed by atoms with van der Waals surface area (Å²) in [5.41, 5.74) is -0.657. The zero-order chi connectivity index (χ0) is 22.4. The van der Waals surface area contributed by atoms with E-state index in [0.717, 1.165) is 42.9 Å². The number of ether oxygens (including phenoxy) is 1. The van der Waals surface area contributed by atoms with Crippen LogP contribution in [-0.2, 0) is 14.3 Å². The molecule has 0 saturated heterocycles. The van der Waals surface area contributed by atoms with E-state index in [1.165, 1.54) is 51.4 Å². The van der Waals surface area contributed by atoms with E-state index in [-0.39, 0.29) is 11.5 Å². The Kier molecular flexibility index (Phi) is 6.60. The van der Waals surface area contributed by atoms with Crippen molar-refractivity contribution in [3.05, 3.63) is 0 Å². The van der Waals surface area contributed by atoms with Gasteiger partial charge >= 0.3 is 11.9 Å². The van der Waals surface area contributed by atoms with Crippen LogP contribution in [0, 0.1) is 46.3 Å². The standard InChI is InChI=1S/C27H44O4/c1-26(2,3)25(30)31-24(29)11-7-9-18-13-15-22-20-14-12-17-8-5-6-10-19(17)21(20)16-23(28)27(18,22)4/h17-23,28H,5-16H2,1-4H3/t17-,18-,19?,20?,21?,22?,23-,27+/m0/s1. The molecule has 4 rings (SSSR count). The molecule has 0 aromatic carbocycles. The number of aliphatic hydroxyl groups is 1. The molecule has 0 bridgehead atoms. The van der Waals surface area contributed by atoms with Gasteiger partial charge in [-0.25, -0.2) is 0 Å². The summed E-state index contributed by atoms with van der Waals surface area (Å²) in [6.45, 7) is 7.65. The predicted molar refractivity (Wildman–Crippen MR) is 121 cm³/mol. The SMILES string of the molecule is CC(C)(C)C(=O)OC(=O)CCC[C@H]1CCC2C3CC[C@@H]4CCCCC4C3C[C@H](O)[C@@]21C. The topological polar surface area (TPSA) is 63.6 Å². The summed E-state index contributed by atoms with van der Waals surface area (Å²) in [6, 6.07) is 0. The summed E-state index contributed by atoms with van der Waals surface area (Å²) in [5, 5.41) is 11.4. The molecule has 0 aromatic rings. The Morgan fingerprint density at radius 2 is 1.71 bits per heavy atom. The van der Waals surface area contributed by atoms with Crippen LogP contribution < -0.4 is 0 Å². The molecule has 0 aromatic heterocycles. The third-order valence-corrected chi connectivity index (χ3v) is 9.93. The van der Waals surface area contributed by atoms with Crippen LogP contribution in [0.15, 0.2) is 0 Å². The first kappa shape index (κ1) is 23.3. The fraction of sp³-hybridized carbons (Fsp3) is 0.926. The molecular formula is C27H44O4. The van der Waals surface area contributed by atoms with Crippen molar-refractivity contribution in [2.24, 2.45) is 46.3 Å². The second kappa shape index (κ2) is 8.80. The molecule has 176 valence electrons. The van der Waals surface area contributed by atoms with Crippen LogP contribution in [0.25, 0.3) is 0 Å². The molecule has 4 aliphatic rings. The van der Waals surface area contributed by atoms with Gasteiger partial charge < -0.3 is 9.84 Å². The lowest BCUT2D eigenvalue weighted by Crippen LogP contribution is -2.54. The van der Waals surface area contributed by atoms with E-state index in [4.69, 9.17) is 4.74 Å². The lowest BCUT2D eigenvalue weighted by Gasteiger charge is -2.57. The van der Waals surface area contributed by atoms with Crippen molar-refractivity contribution in [1.82, 2.24) is 0 Å². The molecule has 4 aliphatic carbocycles. The summed E-state index contributed by atoms with van der Waals surface area (Å²) in [4.78, 5) is 24.1. The van der Waals surface area contributed by atoms with Gasteiger partial charge in [-0.2, -0.15) is 0 Å². The number of fused-ring (bicyclic) bond motifs is 5. The van der Waals surface area contributed by atoms with Crippen LogP contribution in [0.1, 0.15) is 105 Å². The van der Waals surface area contributed by atoms with E-state index < -0.39 is 17.4 Å². The van der Waals surface area contributed by atoms with Crippen molar-refractivity contribution >= 4 is 11.9 Å². The Labute approximate surface area is 188 Å². The van der Waals surface area contributed by atoms with Gasteiger partial charge in [-0.3, -0.25) is 9.59 Å². The van der Waals surface area contributed by atoms with E-state index in [2.05, 4.69) is 6.92 Å². The molecule has 0 aliphatic heterocycles. The van der Waals surface area contributed by atoms with Crippen LogP contribution >= 0.6 is 0 Å². The highest BCUT2D eigenvalue weighted by molar-refractivity contribution is 5.88. The maximum Gasteiger partial charge on any atom is 0.318 e. The van der Waals surface area contributed by atoms with Crippen molar-refractivity contribution in [3.8, 4) is 0 Å². The van der Waals surface area contributed by atoms with Gasteiger partial charge in [-0.05, 0) is 113 Å². The second-order valence-electron chi connectivity index (χ2n) is 12.5. The Morgan fingerprint density at radius 3 is 2.45 bits per heavy atom. The Bertz CT molecular complexity index is 679. The average molecular weight is 433 g/mol. The molecule has 4 saturated carbocycles. The van der Waals surface area contributed by atoms with Gasteiger partial charge in [0.05, 0.1) is 11.5 Å². The minimum Gasteiger partial charge on any atom is -0.393 e. The molecule has 0 amide bonds. The maximum absolute atomic E-state index is 12.1. The summed E-state index contributed by atoms with van der Waals surface area (Å²) in [6.07, 6.45) is 13.6. The van der Waals surface area contributed by atoms with Crippen molar-refractivity contribution in [2.75, 3.05) is 0 Å². The van der Waals surface area contributed by atoms with Crippen molar-refractivity contribution in [1.29, 1.82) is 0 Å². The Balaban J connectivity index is 1.35. The number of carbonyl (C=O) groups is 2. The van der Waals surface area contributed by atoms with Crippen LogP contribution in [0.3, 0.4) is 0 Å². The molecule has 0 radical (unpaired) electrons. The second-order valence-corrected chi connectivity index (χ2v) is 12.5. The van der Waals surface area contributed by atoms with Crippen molar-refractivity contribution < 1.29 is 19.4 Å². The van der Waals surface area contributed by atoms with Gasteiger partial charge in [0.15, 0.2) is 0 Å². The fourth-order valence-electron chi connectivity index (χ4n) is 8.21. The van der Waals surface area contributed by atoms with Gasteiger partial charge in [-0.1, -0.05) is 26.2 Å². The molecule has 4 nitrogen and oxygen atoms in total. The van der Waals surface area contributed by atoms with Crippen LogP contribution in [-0.4, -0.2) is 23.1 Å². The van der Waals surface area contributed by atoms with Crippen LogP contribution in [0.5, 0.6) is 0 Å². The smallest absolute Gasteiger partial charge is 0.318 e. The van der Waals surface area contributed by atoms with Gasteiger partial charge in [-0.15, -0.1) is 0 Å². The van der Waals surface area contributed by atoms with Gasteiger partial charge in [0.1, 0.15) is 0 Å². The summed E-state index contributed by atoms with van der Waals surface area (Å²) in [5.74, 6) is 3.59. The van der Waals surface area contributed by atoms with Gasteiger partial charge in [0, 0.05) is 6.42 Å². The molecule has 0 spiro atoms. The zero-order valence-corrected chi connectivity index (χ0v) is 20.2. The summed E-state index contributed by atoms with van der Waals surface area (Å²) >= 11 is 0. The minimum atomic E-state index is -0.651. The first-order valence-corrected chi connectivity index (χ1v) is 13.1. The molecule has 4 heteroatoms. The quantitative estimate of drug-likeness (QED) is 0.443. The van der Waals surface area contributed by atoms with Gasteiger partial charge in [0.25, 0.3) is 0 Å². The fourth-order valence-corrected chi connectivity index (χ4v) is 8.21. The molecule has 8 atom stereocenters. The molecule has 4 fully saturated rings. The van der Waals surface area contributed by atoms with E-state index in [0.29, 0.717) is 18.3 Å². The first-order chi connectivity index (χ1) is 14.6. The molecule has 0 heterocycles. The largest absolute Gasteiger partial charge is 0.393 e. The van der Waals surface area contributed by atoms with E-state index in [1.807, 2.05) is 0 Å². The highest BCUT2D eigenvalue weighted by atomic mass is 16.6. The number of esters is 2. The number of aliphatic hydroxyl groups excluding tert-OH is 1. The van der Waals surface area contributed by atoms with E-state index in [1.54, 1.807) is 20.8 Å². The summed E-state index contributed by atoms with van der Waals surface area (Å²) < 4.78 is 5.03. The lowest BCUT2D eigenvalue weighted by atomic mass is 9.48. The number of hydrogen-bond acceptors (Lipinski definition) is 4. The first-order valence-electron chi connectivity index (χ1n) is 13.1. The third-order valence-electron chi connectivity index (χ3n) is 9.93. The lowest BCUT2D eigenvalue weighted by molar-refractivity contribution is -0.165. The average Bonchev–Trinajstić information content (AvgIpc) is 3.05. The number of hydrogen-bond donors (Lipinski definition) is 1. The Hall–Kier alpha value is -0.900. The highest BCUT2D eigenvalue weighted by Crippen LogP contribution is 2.64. The molecule has 1 N–H and O–H groups in total. The molecular weight excluding hydrogens is 388 g/mol. The normalized spacial score (nSPS) is 42.3. The molecule has 4 unspecified atom stereocenters. The van der Waals surface area contributed by atoms with Crippen molar-refractivity contribution in [2.45, 2.75) is 111 Å². The third kappa shape index (κ3) is 4.35. The maximum atomic E-state index is 12.1. The van der Waals surface area contributed by atoms with E-state index >= 15 is 0 Å². The highest BCUT2D eigenvalue weighted by Gasteiger charge is 2.60. The minimum absolute atomic E-state index is 0.00615. The monoisotopic (exact) mass is 432 g/mol. The predicted octanol–water partition coefficient (Wildman–Crippen LogP) is 5.90.